The second-order valence-electron chi connectivity index (χ2n) is 7.67. The van der Waals surface area contributed by atoms with E-state index in [4.69, 9.17) is 0 Å². The van der Waals surface area contributed by atoms with Crippen molar-refractivity contribution in [3.8, 4) is 0 Å². The van der Waals surface area contributed by atoms with Crippen molar-refractivity contribution in [2.45, 2.75) is 57.0 Å². The van der Waals surface area contributed by atoms with Crippen LogP contribution in [-0.2, 0) is 16.6 Å². The van der Waals surface area contributed by atoms with Gasteiger partial charge in [0, 0.05) is 31.0 Å². The van der Waals surface area contributed by atoms with Crippen LogP contribution in [0.15, 0.2) is 41.6 Å². The first-order valence-corrected chi connectivity index (χ1v) is 11.2. The van der Waals surface area contributed by atoms with Crippen LogP contribution in [0, 0.1) is 23.0 Å². The minimum Gasteiger partial charge on any atom is -0.375 e. The van der Waals surface area contributed by atoms with Gasteiger partial charge < -0.3 is 5.32 Å². The Morgan fingerprint density at radius 1 is 1.21 bits per heavy atom. The molecule has 29 heavy (non-hydrogen) atoms. The Balaban J connectivity index is 1.78. The second-order valence-corrected chi connectivity index (χ2v) is 9.38. The lowest BCUT2D eigenvalue weighted by molar-refractivity contribution is -0.384. The highest BCUT2D eigenvalue weighted by atomic mass is 32.2. The number of nitro groups is 1. The number of nitro benzene ring substituents is 1. The van der Waals surface area contributed by atoms with Crippen LogP contribution in [0.2, 0.25) is 0 Å². The number of nitrogens with one attached hydrogen (secondary N) is 2. The van der Waals surface area contributed by atoms with E-state index < -0.39 is 14.9 Å². The molecular formula is C20H26N4O4S. The topological polar surface area (TPSA) is 114 Å². The van der Waals surface area contributed by atoms with Crippen LogP contribution in [0.25, 0.3) is 0 Å². The third-order valence-corrected chi connectivity index (χ3v) is 6.94. The number of aromatic nitrogens is 1. The molecule has 0 bridgehead atoms. The lowest BCUT2D eigenvalue weighted by Gasteiger charge is -2.26. The van der Waals surface area contributed by atoms with Gasteiger partial charge in [-0.1, -0.05) is 6.92 Å². The molecule has 2 N–H and O–H groups in total. The van der Waals surface area contributed by atoms with Crippen LogP contribution in [0.5, 0.6) is 0 Å². The van der Waals surface area contributed by atoms with Crippen LogP contribution >= 0.6 is 0 Å². The first-order valence-electron chi connectivity index (χ1n) is 9.70. The van der Waals surface area contributed by atoms with E-state index in [1.54, 1.807) is 12.4 Å². The van der Waals surface area contributed by atoms with Crippen molar-refractivity contribution in [2.24, 2.45) is 5.92 Å². The second kappa shape index (κ2) is 8.87. The summed E-state index contributed by atoms with van der Waals surface area (Å²) in [4.78, 5) is 14.9. The van der Waals surface area contributed by atoms with E-state index in [0.717, 1.165) is 42.9 Å². The van der Waals surface area contributed by atoms with E-state index in [-0.39, 0.29) is 22.3 Å². The third-order valence-electron chi connectivity index (χ3n) is 5.42. The summed E-state index contributed by atoms with van der Waals surface area (Å²) in [7, 11) is -3.81. The molecule has 0 spiro atoms. The first kappa shape index (κ1) is 21.2. The predicted octanol–water partition coefficient (Wildman–Crippen LogP) is 3.77. The average molecular weight is 419 g/mol. The van der Waals surface area contributed by atoms with Gasteiger partial charge in [0.1, 0.15) is 5.69 Å². The maximum Gasteiger partial charge on any atom is 0.293 e. The Morgan fingerprint density at radius 2 is 1.93 bits per heavy atom. The van der Waals surface area contributed by atoms with Crippen LogP contribution in [0.1, 0.15) is 43.7 Å². The van der Waals surface area contributed by atoms with Gasteiger partial charge >= 0.3 is 0 Å². The van der Waals surface area contributed by atoms with E-state index in [1.165, 1.54) is 12.1 Å². The Labute approximate surface area is 171 Å². The summed E-state index contributed by atoms with van der Waals surface area (Å²) < 4.78 is 28.2. The summed E-state index contributed by atoms with van der Waals surface area (Å²) in [5.74, 6) is 0.603. The van der Waals surface area contributed by atoms with Crippen molar-refractivity contribution in [2.75, 3.05) is 5.32 Å². The monoisotopic (exact) mass is 418 g/mol. The molecule has 0 saturated heterocycles. The average Bonchev–Trinajstić information content (AvgIpc) is 2.69. The fourth-order valence-electron chi connectivity index (χ4n) is 3.54. The molecule has 1 aromatic carbocycles. The number of hydrogen-bond donors (Lipinski definition) is 2. The minimum atomic E-state index is -3.81. The van der Waals surface area contributed by atoms with Crippen molar-refractivity contribution in [1.82, 2.24) is 9.71 Å². The van der Waals surface area contributed by atoms with Crippen LogP contribution in [0.3, 0.4) is 0 Å². The number of sulfonamides is 1. The van der Waals surface area contributed by atoms with Gasteiger partial charge in [0.15, 0.2) is 0 Å². The summed E-state index contributed by atoms with van der Waals surface area (Å²) in [6, 6.07) is 5.69. The zero-order valence-corrected chi connectivity index (χ0v) is 17.4. The number of pyridine rings is 1. The molecule has 0 aliphatic heterocycles. The third kappa shape index (κ3) is 5.30. The molecule has 8 nitrogen and oxygen atoms in total. The molecule has 1 aliphatic carbocycles. The van der Waals surface area contributed by atoms with Gasteiger partial charge in [-0.25, -0.2) is 13.1 Å². The summed E-state index contributed by atoms with van der Waals surface area (Å²) >= 11 is 0. The molecule has 0 amide bonds. The Kier molecular flexibility index (Phi) is 6.49. The van der Waals surface area contributed by atoms with Crippen molar-refractivity contribution in [3.05, 3.63) is 57.9 Å². The van der Waals surface area contributed by atoms with Crippen LogP contribution < -0.4 is 10.0 Å². The molecule has 9 heteroatoms. The Hall–Kier alpha value is -2.52. The highest BCUT2D eigenvalue weighted by molar-refractivity contribution is 7.89. The van der Waals surface area contributed by atoms with E-state index in [2.05, 4.69) is 21.9 Å². The fourth-order valence-corrected chi connectivity index (χ4v) is 4.86. The van der Waals surface area contributed by atoms with Gasteiger partial charge in [-0.15, -0.1) is 0 Å². The molecule has 1 aliphatic rings. The van der Waals surface area contributed by atoms with E-state index in [0.29, 0.717) is 12.5 Å². The molecule has 0 atom stereocenters. The summed E-state index contributed by atoms with van der Waals surface area (Å²) in [5, 5.41) is 14.6. The molecule has 1 heterocycles. The molecule has 0 unspecified atom stereocenters. The van der Waals surface area contributed by atoms with Crippen molar-refractivity contribution in [1.29, 1.82) is 0 Å². The minimum absolute atomic E-state index is 0.0894. The lowest BCUT2D eigenvalue weighted by Crippen LogP contribution is -2.37. The van der Waals surface area contributed by atoms with Crippen molar-refractivity contribution >= 4 is 21.4 Å². The van der Waals surface area contributed by atoms with Gasteiger partial charge in [-0.05, 0) is 67.9 Å². The van der Waals surface area contributed by atoms with Crippen LogP contribution in [0.4, 0.5) is 11.4 Å². The van der Waals surface area contributed by atoms with E-state index in [9.17, 15) is 18.5 Å². The highest BCUT2D eigenvalue weighted by Gasteiger charge is 2.26. The van der Waals surface area contributed by atoms with Gasteiger partial charge in [0.2, 0.25) is 10.0 Å². The lowest BCUT2D eigenvalue weighted by atomic mass is 9.88. The normalized spacial score (nSPS) is 19.7. The highest BCUT2D eigenvalue weighted by Crippen LogP contribution is 2.29. The maximum atomic E-state index is 12.7. The van der Waals surface area contributed by atoms with Gasteiger partial charge in [0.05, 0.1) is 9.82 Å². The van der Waals surface area contributed by atoms with E-state index in [1.807, 2.05) is 13.0 Å². The molecule has 2 aromatic rings. The van der Waals surface area contributed by atoms with Gasteiger partial charge in [-0.2, -0.15) is 0 Å². The molecular weight excluding hydrogens is 392 g/mol. The first-order chi connectivity index (χ1) is 13.8. The number of hydrogen-bond acceptors (Lipinski definition) is 6. The Bertz CT molecular complexity index is 986. The summed E-state index contributed by atoms with van der Waals surface area (Å²) in [6.45, 7) is 4.44. The summed E-state index contributed by atoms with van der Waals surface area (Å²) in [6.07, 6.45) is 6.90. The largest absolute Gasteiger partial charge is 0.375 e. The fraction of sp³-hybridized carbons (Fsp3) is 0.450. The molecule has 1 aromatic heterocycles. The number of nitrogens with zero attached hydrogens (tertiary/aromatic N) is 2. The Morgan fingerprint density at radius 3 is 2.59 bits per heavy atom. The molecule has 3 rings (SSSR count). The van der Waals surface area contributed by atoms with Crippen molar-refractivity contribution in [3.63, 3.8) is 0 Å². The number of anilines is 1. The smallest absolute Gasteiger partial charge is 0.293 e. The van der Waals surface area contributed by atoms with Crippen LogP contribution in [-0.4, -0.2) is 24.4 Å². The standard InChI is InChI=1S/C20H26N4O4S/c1-14-3-5-17(6-4-14)23-29(27,28)18-7-8-19(20(11-18)24(25)26)22-13-16-9-10-21-12-15(16)2/h7-12,14,17,22-23H,3-6,13H2,1-2H3. The molecule has 0 radical (unpaired) electrons. The maximum absolute atomic E-state index is 12.7. The van der Waals surface area contributed by atoms with Crippen molar-refractivity contribution < 1.29 is 13.3 Å². The molecule has 156 valence electrons. The van der Waals surface area contributed by atoms with Gasteiger partial charge in [0.25, 0.3) is 5.69 Å². The SMILES string of the molecule is Cc1cnccc1CNc1ccc(S(=O)(=O)NC2CCC(C)CC2)cc1[N+](=O)[O-]. The zero-order chi connectivity index (χ0) is 21.0. The van der Waals surface area contributed by atoms with E-state index >= 15 is 0 Å². The number of rotatable bonds is 7. The van der Waals surface area contributed by atoms with Gasteiger partial charge in [-0.3, -0.25) is 15.1 Å². The quantitative estimate of drug-likeness (QED) is 0.523. The number of aryl methyl sites for hydroxylation is 1. The summed E-state index contributed by atoms with van der Waals surface area (Å²) in [5.41, 5.74) is 1.93. The predicted molar refractivity (Wildman–Crippen MR) is 111 cm³/mol. The molecule has 1 fully saturated rings. The zero-order valence-electron chi connectivity index (χ0n) is 16.6. The number of benzene rings is 1. The molecule has 1 saturated carbocycles.